The molecule has 100 valence electrons. The van der Waals surface area contributed by atoms with Crippen LogP contribution in [0.3, 0.4) is 0 Å². The molecule has 19 heavy (non-hydrogen) atoms. The maximum Gasteiger partial charge on any atom is 0.252 e. The SMILES string of the molecule is Cc1cc(C(=O)NCCC(C)Br)c2ccccc2n1. The number of nitrogens with one attached hydrogen (secondary N) is 1. The average molecular weight is 321 g/mol. The fraction of sp³-hybridized carbons (Fsp3) is 0.333. The van der Waals surface area contributed by atoms with E-state index in [0.717, 1.165) is 23.0 Å². The third-order valence-electron chi connectivity index (χ3n) is 2.92. The summed E-state index contributed by atoms with van der Waals surface area (Å²) in [6.45, 7) is 4.64. The molecule has 0 bridgehead atoms. The van der Waals surface area contributed by atoms with E-state index in [9.17, 15) is 4.79 Å². The van der Waals surface area contributed by atoms with Gasteiger partial charge >= 0.3 is 0 Å². The number of hydrogen-bond acceptors (Lipinski definition) is 2. The standard InChI is InChI=1S/C15H17BrN2O/c1-10(16)7-8-17-15(19)13-9-11(2)18-14-6-4-3-5-12(13)14/h3-6,9-10H,7-8H2,1-2H3,(H,17,19). The molecule has 3 nitrogen and oxygen atoms in total. The summed E-state index contributed by atoms with van der Waals surface area (Å²) in [6.07, 6.45) is 0.910. The number of amides is 1. The quantitative estimate of drug-likeness (QED) is 0.877. The molecule has 0 saturated heterocycles. The minimum absolute atomic E-state index is 0.0325. The first-order valence-corrected chi connectivity index (χ1v) is 7.28. The van der Waals surface area contributed by atoms with E-state index in [-0.39, 0.29) is 5.91 Å². The zero-order chi connectivity index (χ0) is 13.8. The lowest BCUT2D eigenvalue weighted by Gasteiger charge is -2.09. The van der Waals surface area contributed by atoms with E-state index in [0.29, 0.717) is 16.9 Å². The number of carbonyl (C=O) groups excluding carboxylic acids is 1. The van der Waals surface area contributed by atoms with Crippen LogP contribution in [0.2, 0.25) is 0 Å². The van der Waals surface area contributed by atoms with Crippen LogP contribution in [0.15, 0.2) is 30.3 Å². The van der Waals surface area contributed by atoms with Crippen molar-refractivity contribution in [3.63, 3.8) is 0 Å². The van der Waals surface area contributed by atoms with Crippen LogP contribution < -0.4 is 5.32 Å². The zero-order valence-corrected chi connectivity index (χ0v) is 12.7. The van der Waals surface area contributed by atoms with Crippen molar-refractivity contribution in [2.75, 3.05) is 6.54 Å². The Morgan fingerprint density at radius 3 is 2.89 bits per heavy atom. The largest absolute Gasteiger partial charge is 0.352 e. The zero-order valence-electron chi connectivity index (χ0n) is 11.1. The first-order valence-electron chi connectivity index (χ1n) is 6.36. The topological polar surface area (TPSA) is 42.0 Å². The van der Waals surface area contributed by atoms with Gasteiger partial charge in [-0.2, -0.15) is 0 Å². The number of aryl methyl sites for hydroxylation is 1. The first-order chi connectivity index (χ1) is 9.08. The monoisotopic (exact) mass is 320 g/mol. The highest BCUT2D eigenvalue weighted by Crippen LogP contribution is 2.18. The van der Waals surface area contributed by atoms with E-state index in [1.165, 1.54) is 0 Å². The Bertz CT molecular complexity index is 596. The van der Waals surface area contributed by atoms with Gasteiger partial charge in [-0.15, -0.1) is 0 Å². The van der Waals surface area contributed by atoms with Crippen LogP contribution in [-0.2, 0) is 0 Å². The Morgan fingerprint density at radius 1 is 1.42 bits per heavy atom. The molecule has 1 heterocycles. The minimum atomic E-state index is -0.0325. The molecule has 0 spiro atoms. The van der Waals surface area contributed by atoms with Crippen LogP contribution in [0.5, 0.6) is 0 Å². The van der Waals surface area contributed by atoms with Crippen molar-refractivity contribution in [3.8, 4) is 0 Å². The molecule has 0 saturated carbocycles. The summed E-state index contributed by atoms with van der Waals surface area (Å²) in [7, 11) is 0. The summed E-state index contributed by atoms with van der Waals surface area (Å²) < 4.78 is 0. The summed E-state index contributed by atoms with van der Waals surface area (Å²) in [6, 6.07) is 9.57. The van der Waals surface area contributed by atoms with Gasteiger partial charge in [-0.1, -0.05) is 41.1 Å². The maximum absolute atomic E-state index is 12.2. The lowest BCUT2D eigenvalue weighted by Crippen LogP contribution is -2.26. The summed E-state index contributed by atoms with van der Waals surface area (Å²) >= 11 is 3.47. The molecule has 1 atom stereocenters. The molecule has 0 fully saturated rings. The van der Waals surface area contributed by atoms with E-state index in [1.54, 1.807) is 0 Å². The van der Waals surface area contributed by atoms with Gasteiger partial charge in [0.15, 0.2) is 0 Å². The minimum Gasteiger partial charge on any atom is -0.352 e. The molecular formula is C15H17BrN2O. The molecule has 1 aromatic carbocycles. The third-order valence-corrected chi connectivity index (χ3v) is 3.37. The molecule has 0 aliphatic carbocycles. The number of halogens is 1. The molecule has 0 aliphatic rings. The van der Waals surface area contributed by atoms with Crippen LogP contribution in [0.4, 0.5) is 0 Å². The van der Waals surface area contributed by atoms with Crippen LogP contribution in [0.1, 0.15) is 29.4 Å². The second-order valence-electron chi connectivity index (χ2n) is 4.65. The third kappa shape index (κ3) is 3.53. The number of aromatic nitrogens is 1. The smallest absolute Gasteiger partial charge is 0.252 e. The summed E-state index contributed by atoms with van der Waals surface area (Å²) in [5.74, 6) is -0.0325. The highest BCUT2D eigenvalue weighted by Gasteiger charge is 2.11. The Kier molecular flexibility index (Phi) is 4.53. The second-order valence-corrected chi connectivity index (χ2v) is 6.22. The van der Waals surface area contributed by atoms with Crippen molar-refractivity contribution in [3.05, 3.63) is 41.6 Å². The molecule has 0 radical (unpaired) electrons. The molecule has 1 aromatic heterocycles. The Labute approximate surface area is 121 Å². The van der Waals surface area contributed by atoms with Crippen LogP contribution >= 0.6 is 15.9 Å². The number of pyridine rings is 1. The lowest BCUT2D eigenvalue weighted by molar-refractivity contribution is 0.0955. The first kappa shape index (κ1) is 14.0. The van der Waals surface area contributed by atoms with Crippen LogP contribution in [-0.4, -0.2) is 22.3 Å². The van der Waals surface area contributed by atoms with E-state index in [1.807, 2.05) is 37.3 Å². The van der Waals surface area contributed by atoms with E-state index < -0.39 is 0 Å². The highest BCUT2D eigenvalue weighted by molar-refractivity contribution is 9.09. The fourth-order valence-corrected chi connectivity index (χ4v) is 2.20. The lowest BCUT2D eigenvalue weighted by atomic mass is 10.1. The summed E-state index contributed by atoms with van der Waals surface area (Å²) in [5, 5.41) is 3.85. The number of alkyl halides is 1. The van der Waals surface area contributed by atoms with Crippen molar-refractivity contribution >= 4 is 32.7 Å². The van der Waals surface area contributed by atoms with Gasteiger partial charge in [0.2, 0.25) is 0 Å². The molecule has 1 amide bonds. The van der Waals surface area contributed by atoms with Gasteiger partial charge < -0.3 is 5.32 Å². The van der Waals surface area contributed by atoms with Gasteiger partial charge in [0.05, 0.1) is 11.1 Å². The highest BCUT2D eigenvalue weighted by atomic mass is 79.9. The number of benzene rings is 1. The number of nitrogens with zero attached hydrogens (tertiary/aromatic N) is 1. The van der Waals surface area contributed by atoms with Crippen molar-refractivity contribution < 1.29 is 4.79 Å². The predicted octanol–water partition coefficient (Wildman–Crippen LogP) is 3.45. The molecule has 0 aliphatic heterocycles. The van der Waals surface area contributed by atoms with E-state index >= 15 is 0 Å². The van der Waals surface area contributed by atoms with Gasteiger partial charge in [0.1, 0.15) is 0 Å². The number of para-hydroxylation sites is 1. The van der Waals surface area contributed by atoms with Crippen molar-refractivity contribution in [1.82, 2.24) is 10.3 Å². The van der Waals surface area contributed by atoms with Crippen LogP contribution in [0, 0.1) is 6.92 Å². The summed E-state index contributed by atoms with van der Waals surface area (Å²) in [5.41, 5.74) is 2.42. The molecule has 4 heteroatoms. The number of hydrogen-bond donors (Lipinski definition) is 1. The normalized spacial score (nSPS) is 12.4. The number of carbonyl (C=O) groups is 1. The van der Waals surface area contributed by atoms with Crippen molar-refractivity contribution in [1.29, 1.82) is 0 Å². The molecular weight excluding hydrogens is 304 g/mol. The van der Waals surface area contributed by atoms with Gasteiger partial charge in [-0.25, -0.2) is 0 Å². The average Bonchev–Trinajstić information content (AvgIpc) is 2.37. The van der Waals surface area contributed by atoms with Crippen molar-refractivity contribution in [2.45, 2.75) is 25.1 Å². The van der Waals surface area contributed by atoms with Gasteiger partial charge in [-0.05, 0) is 25.5 Å². The second kappa shape index (κ2) is 6.15. The van der Waals surface area contributed by atoms with E-state index in [2.05, 4.69) is 33.2 Å². The number of fused-ring (bicyclic) bond motifs is 1. The Balaban J connectivity index is 2.26. The number of rotatable bonds is 4. The van der Waals surface area contributed by atoms with Crippen molar-refractivity contribution in [2.24, 2.45) is 0 Å². The van der Waals surface area contributed by atoms with Gasteiger partial charge in [-0.3, -0.25) is 9.78 Å². The van der Waals surface area contributed by atoms with Gasteiger partial charge in [0, 0.05) is 22.5 Å². The predicted molar refractivity (Wildman–Crippen MR) is 81.8 cm³/mol. The molecule has 1 unspecified atom stereocenters. The molecule has 2 rings (SSSR count). The van der Waals surface area contributed by atoms with Gasteiger partial charge in [0.25, 0.3) is 5.91 Å². The Hall–Kier alpha value is -1.42. The van der Waals surface area contributed by atoms with Crippen LogP contribution in [0.25, 0.3) is 10.9 Å². The fourth-order valence-electron chi connectivity index (χ4n) is 1.98. The molecule has 1 N–H and O–H groups in total. The maximum atomic E-state index is 12.2. The summed E-state index contributed by atoms with van der Waals surface area (Å²) in [4.78, 5) is 17.1. The molecule has 2 aromatic rings. The Morgan fingerprint density at radius 2 is 2.16 bits per heavy atom. The van der Waals surface area contributed by atoms with E-state index in [4.69, 9.17) is 0 Å².